The van der Waals surface area contributed by atoms with Gasteiger partial charge in [-0.1, -0.05) is 168 Å². The fraction of sp³-hybridized carbons (Fsp3) is 0.593. The Labute approximate surface area is 372 Å². The van der Waals surface area contributed by atoms with Gasteiger partial charge in [0.1, 0.15) is 0 Å². The van der Waals surface area contributed by atoms with E-state index in [0.717, 1.165) is 119 Å². The monoisotopic (exact) mass is 853 g/mol. The first-order chi connectivity index (χ1) is 30.3. The topological polar surface area (TPSA) is 105 Å². The molecule has 0 saturated heterocycles. The Balaban J connectivity index is 1.74. The number of unbranched alkanes of at least 4 members (excludes halogenated alkanes) is 20. The highest BCUT2D eigenvalue weighted by Gasteiger charge is 2.24. The molecule has 0 aliphatic rings. The van der Waals surface area contributed by atoms with Crippen molar-refractivity contribution in [1.82, 2.24) is 0 Å². The Morgan fingerprint density at radius 3 is 0.903 bits per heavy atom. The lowest BCUT2D eigenvalue weighted by Gasteiger charge is -2.16. The van der Waals surface area contributed by atoms with Gasteiger partial charge in [0.05, 0.1) is 48.7 Å². The Hall–Kier alpha value is -4.46. The lowest BCUT2D eigenvalue weighted by molar-refractivity contribution is 0.0450. The van der Waals surface area contributed by atoms with Crippen molar-refractivity contribution in [2.75, 3.05) is 26.4 Å². The first-order valence-corrected chi connectivity index (χ1v) is 24.5. The van der Waals surface area contributed by atoms with Gasteiger partial charge in [0, 0.05) is 0 Å². The Kier molecular flexibility index (Phi) is 23.5. The van der Waals surface area contributed by atoms with Crippen LogP contribution < -0.4 is 0 Å². The van der Waals surface area contributed by atoms with Crippen LogP contribution in [0.15, 0.2) is 48.5 Å². The van der Waals surface area contributed by atoms with Crippen LogP contribution in [0.5, 0.6) is 0 Å². The van der Waals surface area contributed by atoms with Crippen LogP contribution in [-0.2, 0) is 18.9 Å². The van der Waals surface area contributed by atoms with Crippen LogP contribution in [0.3, 0.4) is 0 Å². The number of ether oxygens (including phenoxy) is 4. The molecule has 0 heterocycles. The van der Waals surface area contributed by atoms with Crippen LogP contribution in [0.2, 0.25) is 0 Å². The van der Waals surface area contributed by atoms with Gasteiger partial charge in [-0.25, -0.2) is 19.2 Å². The fourth-order valence-corrected chi connectivity index (χ4v) is 8.15. The average Bonchev–Trinajstić information content (AvgIpc) is 3.29. The number of esters is 4. The maximum absolute atomic E-state index is 14.0. The zero-order valence-corrected chi connectivity index (χ0v) is 38.7. The summed E-state index contributed by atoms with van der Waals surface area (Å²) in [4.78, 5) is 54.8. The highest BCUT2D eigenvalue weighted by Crippen LogP contribution is 2.38. The Morgan fingerprint density at radius 2 is 0.565 bits per heavy atom. The van der Waals surface area contributed by atoms with E-state index in [1.807, 2.05) is 18.2 Å². The molecule has 0 bridgehead atoms. The molecule has 0 atom stereocenters. The third kappa shape index (κ3) is 16.0. The van der Waals surface area contributed by atoms with Gasteiger partial charge in [0.25, 0.3) is 0 Å². The van der Waals surface area contributed by atoms with E-state index in [1.165, 1.54) is 51.4 Å². The SMILES string of the molecule is CCCCCCCCOC(=O)c1ccc2c(c1)c1ccc(C(=O)OCCCCCCCC)cc1c1cc(C(=O)OCCCCCCCC)c(C(=O)OCCCCCCCC)cc21. The molecule has 4 aromatic carbocycles. The first-order valence-electron chi connectivity index (χ1n) is 24.5. The average molecular weight is 853 g/mol. The van der Waals surface area contributed by atoms with Gasteiger partial charge in [-0.3, -0.25) is 0 Å². The van der Waals surface area contributed by atoms with Crippen LogP contribution in [0.25, 0.3) is 32.3 Å². The van der Waals surface area contributed by atoms with Crippen molar-refractivity contribution in [2.45, 2.75) is 182 Å². The van der Waals surface area contributed by atoms with E-state index in [0.29, 0.717) is 40.5 Å². The molecule has 0 N–H and O–H groups in total. The van der Waals surface area contributed by atoms with E-state index in [4.69, 9.17) is 18.9 Å². The van der Waals surface area contributed by atoms with Crippen molar-refractivity contribution in [3.63, 3.8) is 0 Å². The van der Waals surface area contributed by atoms with Crippen molar-refractivity contribution < 1.29 is 38.1 Å². The smallest absolute Gasteiger partial charge is 0.339 e. The number of hydrogen-bond acceptors (Lipinski definition) is 8. The minimum absolute atomic E-state index is 0.128. The number of benzene rings is 4. The highest BCUT2D eigenvalue weighted by molar-refractivity contribution is 6.28. The zero-order valence-electron chi connectivity index (χ0n) is 38.7. The summed E-state index contributed by atoms with van der Waals surface area (Å²) in [5.41, 5.74) is 1.06. The predicted molar refractivity (Wildman–Crippen MR) is 254 cm³/mol. The molecule has 0 saturated carbocycles. The number of fused-ring (bicyclic) bond motifs is 6. The van der Waals surface area contributed by atoms with E-state index < -0.39 is 23.9 Å². The second-order valence-corrected chi connectivity index (χ2v) is 17.1. The standard InChI is InChI=1S/C54H76O8/c1-5-9-13-17-21-25-33-59-51(55)41-30-32-44-45(37-41)43-31-29-42(52(56)60-34-26-22-18-14-10-6-2)38-46(43)48-40-50(54(58)62-36-28-24-20-16-12-8-4)49(39-47(44)48)53(57)61-35-27-23-19-15-11-7-3/h29-32,37-40H,5-28,33-36H2,1-4H3. The van der Waals surface area contributed by atoms with Gasteiger partial charge >= 0.3 is 23.9 Å². The quantitative estimate of drug-likeness (QED) is 0.0207. The van der Waals surface area contributed by atoms with Crippen molar-refractivity contribution in [3.05, 3.63) is 70.8 Å². The third-order valence-corrected chi connectivity index (χ3v) is 11.9. The maximum atomic E-state index is 14.0. The van der Waals surface area contributed by atoms with E-state index in [-0.39, 0.29) is 24.3 Å². The molecule has 62 heavy (non-hydrogen) atoms. The van der Waals surface area contributed by atoms with Crippen molar-refractivity contribution >= 4 is 56.2 Å². The maximum Gasteiger partial charge on any atom is 0.339 e. The van der Waals surface area contributed by atoms with E-state index in [2.05, 4.69) is 27.7 Å². The van der Waals surface area contributed by atoms with Gasteiger partial charge < -0.3 is 18.9 Å². The molecule has 0 aromatic heterocycles. The molecule has 4 rings (SSSR count). The molecular weight excluding hydrogens is 777 g/mol. The molecule has 340 valence electrons. The third-order valence-electron chi connectivity index (χ3n) is 11.9. The normalized spacial score (nSPS) is 11.4. The van der Waals surface area contributed by atoms with Gasteiger partial charge in [0.15, 0.2) is 0 Å². The van der Waals surface area contributed by atoms with Gasteiger partial charge in [-0.2, -0.15) is 0 Å². The van der Waals surface area contributed by atoms with Crippen molar-refractivity contribution in [3.8, 4) is 0 Å². The number of rotatable bonds is 32. The predicted octanol–water partition coefficient (Wildman–Crippen LogP) is 15.2. The second kappa shape index (κ2) is 29.0. The summed E-state index contributed by atoms with van der Waals surface area (Å²) in [5.74, 6) is -1.99. The van der Waals surface area contributed by atoms with Crippen LogP contribution in [-0.4, -0.2) is 50.3 Å². The van der Waals surface area contributed by atoms with Crippen molar-refractivity contribution in [1.29, 1.82) is 0 Å². The van der Waals surface area contributed by atoms with Gasteiger partial charge in [0.2, 0.25) is 0 Å². The second-order valence-electron chi connectivity index (χ2n) is 17.1. The van der Waals surface area contributed by atoms with E-state index in [1.54, 1.807) is 30.3 Å². The summed E-state index contributed by atoms with van der Waals surface area (Å²) in [6, 6.07) is 14.3. The summed E-state index contributed by atoms with van der Waals surface area (Å²) in [6.07, 6.45) is 25.6. The van der Waals surface area contributed by atoms with Crippen LogP contribution >= 0.6 is 0 Å². The summed E-state index contributed by atoms with van der Waals surface area (Å²) in [5, 5.41) is 4.40. The first kappa shape index (κ1) is 50.2. The molecule has 0 radical (unpaired) electrons. The highest BCUT2D eigenvalue weighted by atomic mass is 16.5. The van der Waals surface area contributed by atoms with Crippen LogP contribution in [0.1, 0.15) is 223 Å². The van der Waals surface area contributed by atoms with E-state index >= 15 is 0 Å². The molecule has 0 spiro atoms. The molecule has 0 aliphatic carbocycles. The Bertz CT molecular complexity index is 1960. The van der Waals surface area contributed by atoms with Crippen LogP contribution in [0.4, 0.5) is 0 Å². The minimum Gasteiger partial charge on any atom is -0.462 e. The zero-order chi connectivity index (χ0) is 44.4. The molecule has 0 fully saturated rings. The minimum atomic E-state index is -0.585. The molecular formula is C54H76O8. The largest absolute Gasteiger partial charge is 0.462 e. The summed E-state index contributed by atoms with van der Waals surface area (Å²) in [6.45, 7) is 9.95. The molecule has 0 unspecified atom stereocenters. The van der Waals surface area contributed by atoms with Gasteiger partial charge in [-0.15, -0.1) is 0 Å². The number of carbonyl (C=O) groups excluding carboxylic acids is 4. The summed E-state index contributed by atoms with van der Waals surface area (Å²) in [7, 11) is 0. The number of hydrogen-bond donors (Lipinski definition) is 0. The fourth-order valence-electron chi connectivity index (χ4n) is 8.15. The summed E-state index contributed by atoms with van der Waals surface area (Å²) < 4.78 is 23.1. The lowest BCUT2D eigenvalue weighted by atomic mass is 9.89. The van der Waals surface area contributed by atoms with E-state index in [9.17, 15) is 19.2 Å². The van der Waals surface area contributed by atoms with Crippen molar-refractivity contribution in [2.24, 2.45) is 0 Å². The molecule has 8 heteroatoms. The van der Waals surface area contributed by atoms with Crippen LogP contribution in [0, 0.1) is 0 Å². The van der Waals surface area contributed by atoms with Gasteiger partial charge in [-0.05, 0) is 94.4 Å². The Morgan fingerprint density at radius 1 is 0.306 bits per heavy atom. The molecule has 0 amide bonds. The molecule has 8 nitrogen and oxygen atoms in total. The molecule has 0 aliphatic heterocycles. The lowest BCUT2D eigenvalue weighted by Crippen LogP contribution is -2.15. The summed E-state index contributed by atoms with van der Waals surface area (Å²) >= 11 is 0. The number of carbonyl (C=O) groups is 4. The molecule has 4 aromatic rings.